The van der Waals surface area contributed by atoms with Gasteiger partial charge in [0.15, 0.2) is 0 Å². The summed E-state index contributed by atoms with van der Waals surface area (Å²) < 4.78 is 0. The van der Waals surface area contributed by atoms with E-state index in [4.69, 9.17) is 5.21 Å². The fourth-order valence-corrected chi connectivity index (χ4v) is 2.06. The summed E-state index contributed by atoms with van der Waals surface area (Å²) in [7, 11) is 0. The molecule has 0 atom stereocenters. The van der Waals surface area contributed by atoms with Gasteiger partial charge in [-0.25, -0.2) is 0 Å². The molecular formula is C13H12N3O6-3. The lowest BCUT2D eigenvalue weighted by Crippen LogP contribution is -2.19. The molecule has 2 aromatic carbocycles. The van der Waals surface area contributed by atoms with E-state index in [0.29, 0.717) is 5.56 Å². The number of benzene rings is 2. The van der Waals surface area contributed by atoms with Crippen LogP contribution in [0, 0.1) is 15.6 Å². The summed E-state index contributed by atoms with van der Waals surface area (Å²) in [6.45, 7) is 0. The summed E-state index contributed by atoms with van der Waals surface area (Å²) in [5.41, 5.74) is -0.643. The Hall–Kier alpha value is -2.40. The van der Waals surface area contributed by atoms with Crippen LogP contribution in [-0.2, 0) is 6.42 Å². The number of rotatable bonds is 5. The van der Waals surface area contributed by atoms with E-state index in [1.54, 1.807) is 30.3 Å². The van der Waals surface area contributed by atoms with Gasteiger partial charge in [0, 0.05) is 17.7 Å². The van der Waals surface area contributed by atoms with Crippen molar-refractivity contribution in [1.82, 2.24) is 0 Å². The lowest BCUT2D eigenvalue weighted by molar-refractivity contribution is 0.0287. The standard InChI is InChI=1S/C13H12N3O6/c17-14(18)10-7-12(15(19)20)11(13(8-10)16(21)22)6-9-4-2-1-3-5-9/h1-5,7-8,19-21H,6H2/q-3. The van der Waals surface area contributed by atoms with Gasteiger partial charge < -0.3 is 26.1 Å². The van der Waals surface area contributed by atoms with Crippen molar-refractivity contribution >= 4 is 17.1 Å². The molecule has 9 heteroatoms. The summed E-state index contributed by atoms with van der Waals surface area (Å²) in [4.78, 5) is 0. The van der Waals surface area contributed by atoms with Gasteiger partial charge in [-0.1, -0.05) is 30.3 Å². The molecule has 0 saturated carbocycles. The highest BCUT2D eigenvalue weighted by atomic mass is 16.8. The van der Waals surface area contributed by atoms with E-state index in [1.807, 2.05) is 0 Å². The molecule has 118 valence electrons. The van der Waals surface area contributed by atoms with E-state index < -0.39 is 21.8 Å². The molecule has 2 rings (SSSR count). The van der Waals surface area contributed by atoms with Gasteiger partial charge in [-0.05, 0) is 17.7 Å². The highest BCUT2D eigenvalue weighted by Gasteiger charge is 2.16. The molecule has 0 aromatic heterocycles. The first-order valence-corrected chi connectivity index (χ1v) is 6.09. The van der Waals surface area contributed by atoms with Gasteiger partial charge in [0.05, 0.1) is 5.69 Å². The van der Waals surface area contributed by atoms with E-state index in [0.717, 1.165) is 12.1 Å². The fourth-order valence-electron chi connectivity index (χ4n) is 2.06. The topological polar surface area (TPSA) is 140 Å². The van der Waals surface area contributed by atoms with E-state index in [1.165, 1.54) is 0 Å². The molecule has 0 heterocycles. The molecule has 22 heavy (non-hydrogen) atoms. The van der Waals surface area contributed by atoms with Crippen molar-refractivity contribution in [1.29, 1.82) is 0 Å². The summed E-state index contributed by atoms with van der Waals surface area (Å²) in [5, 5.41) is 59.0. The van der Waals surface area contributed by atoms with Crippen molar-refractivity contribution in [2.75, 3.05) is 15.7 Å². The molecule has 0 aliphatic rings. The van der Waals surface area contributed by atoms with Crippen LogP contribution in [0.3, 0.4) is 0 Å². The predicted octanol–water partition coefficient (Wildman–Crippen LogP) is 2.36. The van der Waals surface area contributed by atoms with Crippen LogP contribution < -0.4 is 15.7 Å². The van der Waals surface area contributed by atoms with Crippen LogP contribution in [-0.4, -0.2) is 15.6 Å². The van der Waals surface area contributed by atoms with E-state index in [2.05, 4.69) is 0 Å². The Labute approximate surface area is 125 Å². The highest BCUT2D eigenvalue weighted by molar-refractivity contribution is 5.74. The summed E-state index contributed by atoms with van der Waals surface area (Å²) in [6, 6.07) is 10.5. The third-order valence-electron chi connectivity index (χ3n) is 3.04. The number of hydrogen-bond acceptors (Lipinski definition) is 9. The van der Waals surface area contributed by atoms with Gasteiger partial charge in [0.2, 0.25) is 0 Å². The Morgan fingerprint density at radius 1 is 0.864 bits per heavy atom. The predicted molar refractivity (Wildman–Crippen MR) is 78.6 cm³/mol. The minimum absolute atomic E-state index is 0.0271. The molecule has 0 aliphatic carbocycles. The molecule has 0 spiro atoms. The first kappa shape index (κ1) is 16.0. The van der Waals surface area contributed by atoms with Crippen molar-refractivity contribution in [3.8, 4) is 0 Å². The van der Waals surface area contributed by atoms with Crippen LogP contribution >= 0.6 is 0 Å². The van der Waals surface area contributed by atoms with Gasteiger partial charge in [-0.2, -0.15) is 0 Å². The third kappa shape index (κ3) is 3.43. The van der Waals surface area contributed by atoms with Crippen LogP contribution in [0.25, 0.3) is 0 Å². The van der Waals surface area contributed by atoms with Crippen LogP contribution in [0.4, 0.5) is 17.1 Å². The van der Waals surface area contributed by atoms with Gasteiger partial charge >= 0.3 is 0 Å². The molecule has 9 nitrogen and oxygen atoms in total. The van der Waals surface area contributed by atoms with Crippen molar-refractivity contribution < 1.29 is 15.6 Å². The lowest BCUT2D eigenvalue weighted by atomic mass is 10.0. The normalized spacial score (nSPS) is 10.5. The monoisotopic (exact) mass is 306 g/mol. The summed E-state index contributed by atoms with van der Waals surface area (Å²) >= 11 is 0. The molecule has 0 fully saturated rings. The van der Waals surface area contributed by atoms with Gasteiger partial charge in [0.1, 0.15) is 5.69 Å². The van der Waals surface area contributed by atoms with Crippen molar-refractivity contribution in [3.05, 3.63) is 69.2 Å². The number of anilines is 3. The van der Waals surface area contributed by atoms with Crippen LogP contribution in [0.15, 0.2) is 42.5 Å². The molecule has 2 aromatic rings. The van der Waals surface area contributed by atoms with E-state index in [-0.39, 0.29) is 22.9 Å². The van der Waals surface area contributed by atoms with Gasteiger partial charge in [-0.15, -0.1) is 5.23 Å². The minimum Gasteiger partial charge on any atom is -0.769 e. The molecule has 0 aliphatic heterocycles. The fraction of sp³-hybridized carbons (Fsp3) is 0.0769. The van der Waals surface area contributed by atoms with E-state index >= 15 is 0 Å². The average Bonchev–Trinajstić information content (AvgIpc) is 2.47. The van der Waals surface area contributed by atoms with Gasteiger partial charge in [0.25, 0.3) is 0 Å². The molecule has 0 amide bonds. The molecule has 0 radical (unpaired) electrons. The highest BCUT2D eigenvalue weighted by Crippen LogP contribution is 2.35. The van der Waals surface area contributed by atoms with Crippen LogP contribution in [0.5, 0.6) is 0 Å². The quantitative estimate of drug-likeness (QED) is 0.710. The number of nitrogens with zero attached hydrogens (tertiary/aromatic N) is 3. The Kier molecular flexibility index (Phi) is 4.78. The molecule has 3 N–H and O–H groups in total. The zero-order chi connectivity index (χ0) is 16.3. The smallest absolute Gasteiger partial charge is 0.102 e. The zero-order valence-corrected chi connectivity index (χ0v) is 11.2. The molecule has 0 bridgehead atoms. The first-order chi connectivity index (χ1) is 10.4. The molecular weight excluding hydrogens is 294 g/mol. The first-order valence-electron chi connectivity index (χ1n) is 6.09. The second-order valence-corrected chi connectivity index (χ2v) is 4.44. The second-order valence-electron chi connectivity index (χ2n) is 4.44. The van der Waals surface area contributed by atoms with E-state index in [9.17, 15) is 26.0 Å². The Bertz CT molecular complexity index is 604. The van der Waals surface area contributed by atoms with Crippen LogP contribution in [0.1, 0.15) is 11.1 Å². The van der Waals surface area contributed by atoms with Gasteiger partial charge in [-0.3, -0.25) is 15.6 Å². The zero-order valence-electron chi connectivity index (χ0n) is 11.2. The number of hydrogen-bond donors (Lipinski definition) is 3. The maximum Gasteiger partial charge on any atom is 0.102 e. The largest absolute Gasteiger partial charge is 0.769 e. The average molecular weight is 306 g/mol. The van der Waals surface area contributed by atoms with Crippen molar-refractivity contribution in [3.63, 3.8) is 0 Å². The van der Waals surface area contributed by atoms with Crippen molar-refractivity contribution in [2.45, 2.75) is 6.42 Å². The Balaban J connectivity index is 2.58. The second kappa shape index (κ2) is 6.58. The summed E-state index contributed by atoms with van der Waals surface area (Å²) in [5.74, 6) is 0. The Morgan fingerprint density at radius 3 is 1.95 bits per heavy atom. The SMILES string of the molecule is [O-]N([O-])c1cc(N([O-])O)c(Cc2ccccc2)c(N(O)O)c1. The van der Waals surface area contributed by atoms with Crippen LogP contribution in [0.2, 0.25) is 0 Å². The third-order valence-corrected chi connectivity index (χ3v) is 3.04. The minimum atomic E-state index is -0.813. The summed E-state index contributed by atoms with van der Waals surface area (Å²) in [6.07, 6.45) is 0.0560. The van der Waals surface area contributed by atoms with Crippen molar-refractivity contribution in [2.24, 2.45) is 0 Å². The Morgan fingerprint density at radius 2 is 1.45 bits per heavy atom. The molecule has 0 unspecified atom stereocenters. The lowest BCUT2D eigenvalue weighted by Gasteiger charge is -2.39. The molecule has 0 saturated heterocycles. The maximum absolute atomic E-state index is 11.3. The maximum atomic E-state index is 11.3.